The first kappa shape index (κ1) is 17.2. The Balaban J connectivity index is 1.99. The van der Waals surface area contributed by atoms with Gasteiger partial charge in [0.15, 0.2) is 0 Å². The number of pyridine rings is 1. The van der Waals surface area contributed by atoms with E-state index >= 15 is 0 Å². The molecule has 2 aromatic carbocycles. The zero-order valence-electron chi connectivity index (χ0n) is 14.1. The lowest BCUT2D eigenvalue weighted by molar-refractivity contribution is 0.102. The van der Waals surface area contributed by atoms with Crippen LogP contribution in [0.4, 0.5) is 5.69 Å². The second-order valence-electron chi connectivity index (χ2n) is 5.48. The van der Waals surface area contributed by atoms with Gasteiger partial charge in [-0.25, -0.2) is 0 Å². The van der Waals surface area contributed by atoms with E-state index < -0.39 is 0 Å². The molecule has 0 atom stereocenters. The van der Waals surface area contributed by atoms with Crippen LogP contribution in [0.5, 0.6) is 11.5 Å². The molecule has 25 heavy (non-hydrogen) atoms. The second kappa shape index (κ2) is 7.11. The number of amides is 1. The molecule has 0 saturated carbocycles. The maximum absolute atomic E-state index is 12.7. The number of para-hydroxylation sites is 1. The highest BCUT2D eigenvalue weighted by Gasteiger charge is 2.16. The van der Waals surface area contributed by atoms with Crippen LogP contribution in [0.3, 0.4) is 0 Å². The number of fused-ring (bicyclic) bond motifs is 1. The minimum Gasteiger partial charge on any atom is -0.495 e. The molecule has 0 saturated heterocycles. The van der Waals surface area contributed by atoms with E-state index in [2.05, 4.69) is 26.2 Å². The van der Waals surface area contributed by atoms with Gasteiger partial charge in [-0.3, -0.25) is 9.78 Å². The van der Waals surface area contributed by atoms with Gasteiger partial charge in [-0.1, -0.05) is 18.2 Å². The number of nitrogens with one attached hydrogen (secondary N) is 1. The number of hydrogen-bond donors (Lipinski definition) is 1. The van der Waals surface area contributed by atoms with Crippen molar-refractivity contribution in [2.45, 2.75) is 6.92 Å². The van der Waals surface area contributed by atoms with Gasteiger partial charge in [0.1, 0.15) is 16.0 Å². The van der Waals surface area contributed by atoms with Gasteiger partial charge in [-0.15, -0.1) is 0 Å². The van der Waals surface area contributed by atoms with Gasteiger partial charge in [0.25, 0.3) is 5.91 Å². The SMILES string of the molecule is COc1cc(C(=O)Nc2cccc3ccc(C)nc23)cc(OC)c1Br. The summed E-state index contributed by atoms with van der Waals surface area (Å²) in [7, 11) is 3.08. The monoisotopic (exact) mass is 400 g/mol. The van der Waals surface area contributed by atoms with Crippen LogP contribution < -0.4 is 14.8 Å². The Bertz CT molecular complexity index is 932. The first-order valence-corrected chi connectivity index (χ1v) is 8.42. The van der Waals surface area contributed by atoms with Crippen molar-refractivity contribution < 1.29 is 14.3 Å². The number of methoxy groups -OCH3 is 2. The lowest BCUT2D eigenvalue weighted by atomic mass is 10.1. The first-order valence-electron chi connectivity index (χ1n) is 7.62. The third kappa shape index (κ3) is 3.44. The number of carbonyl (C=O) groups is 1. The van der Waals surface area contributed by atoms with Crippen molar-refractivity contribution in [2.75, 3.05) is 19.5 Å². The molecule has 0 aliphatic rings. The summed E-state index contributed by atoms with van der Waals surface area (Å²) in [6, 6.07) is 12.9. The minimum atomic E-state index is -0.264. The highest BCUT2D eigenvalue weighted by atomic mass is 79.9. The molecule has 1 heterocycles. The third-order valence-corrected chi connectivity index (χ3v) is 4.60. The smallest absolute Gasteiger partial charge is 0.255 e. The van der Waals surface area contributed by atoms with E-state index in [1.807, 2.05) is 37.3 Å². The van der Waals surface area contributed by atoms with Crippen LogP contribution in [-0.4, -0.2) is 25.1 Å². The number of nitrogens with zero attached hydrogens (tertiary/aromatic N) is 1. The normalized spacial score (nSPS) is 10.6. The zero-order chi connectivity index (χ0) is 18.0. The highest BCUT2D eigenvalue weighted by Crippen LogP contribution is 2.36. The van der Waals surface area contributed by atoms with Crippen LogP contribution in [0.2, 0.25) is 0 Å². The molecule has 0 aliphatic heterocycles. The van der Waals surface area contributed by atoms with Crippen molar-refractivity contribution in [1.29, 1.82) is 0 Å². The Morgan fingerprint density at radius 2 is 1.76 bits per heavy atom. The van der Waals surface area contributed by atoms with Crippen LogP contribution >= 0.6 is 15.9 Å². The molecule has 0 bridgehead atoms. The number of hydrogen-bond acceptors (Lipinski definition) is 4. The van der Waals surface area contributed by atoms with Gasteiger partial charge in [0.05, 0.1) is 25.4 Å². The minimum absolute atomic E-state index is 0.264. The number of benzene rings is 2. The highest BCUT2D eigenvalue weighted by molar-refractivity contribution is 9.10. The van der Waals surface area contributed by atoms with Crippen molar-refractivity contribution in [3.63, 3.8) is 0 Å². The fourth-order valence-electron chi connectivity index (χ4n) is 2.54. The van der Waals surface area contributed by atoms with E-state index in [9.17, 15) is 4.79 Å². The number of aromatic nitrogens is 1. The molecule has 1 amide bonds. The Morgan fingerprint density at radius 1 is 1.08 bits per heavy atom. The molecule has 1 aromatic heterocycles. The maximum Gasteiger partial charge on any atom is 0.255 e. The van der Waals surface area contributed by atoms with Gasteiger partial charge in [0, 0.05) is 16.6 Å². The maximum atomic E-state index is 12.7. The van der Waals surface area contributed by atoms with Crippen LogP contribution in [-0.2, 0) is 0 Å². The number of carbonyl (C=O) groups excluding carboxylic acids is 1. The summed E-state index contributed by atoms with van der Waals surface area (Å²) in [4.78, 5) is 17.3. The summed E-state index contributed by atoms with van der Waals surface area (Å²) in [6.07, 6.45) is 0. The topological polar surface area (TPSA) is 60.5 Å². The fraction of sp³-hybridized carbons (Fsp3) is 0.158. The molecule has 3 aromatic rings. The zero-order valence-corrected chi connectivity index (χ0v) is 15.7. The molecule has 3 rings (SSSR count). The summed E-state index contributed by atoms with van der Waals surface area (Å²) in [6.45, 7) is 1.92. The lowest BCUT2D eigenvalue weighted by Crippen LogP contribution is -2.13. The van der Waals surface area contributed by atoms with Crippen LogP contribution in [0, 0.1) is 6.92 Å². The van der Waals surface area contributed by atoms with E-state index in [-0.39, 0.29) is 5.91 Å². The molecule has 1 N–H and O–H groups in total. The van der Waals surface area contributed by atoms with Crippen LogP contribution in [0.1, 0.15) is 16.1 Å². The standard InChI is InChI=1S/C19H17BrN2O3/c1-11-7-8-12-5-4-6-14(18(12)21-11)22-19(23)13-9-15(24-2)17(20)16(10-13)25-3/h4-10H,1-3H3,(H,22,23). The van der Waals surface area contributed by atoms with E-state index in [0.29, 0.717) is 27.2 Å². The average Bonchev–Trinajstić information content (AvgIpc) is 2.62. The lowest BCUT2D eigenvalue weighted by Gasteiger charge is -2.12. The summed E-state index contributed by atoms with van der Waals surface area (Å²) in [5.74, 6) is 0.785. The summed E-state index contributed by atoms with van der Waals surface area (Å²) in [5, 5.41) is 3.89. The quantitative estimate of drug-likeness (QED) is 0.696. The number of ether oxygens (including phenoxy) is 2. The van der Waals surface area contributed by atoms with Gasteiger partial charge < -0.3 is 14.8 Å². The van der Waals surface area contributed by atoms with Crippen LogP contribution in [0.15, 0.2) is 46.9 Å². The number of halogens is 1. The molecule has 0 radical (unpaired) electrons. The van der Waals surface area contributed by atoms with E-state index in [0.717, 1.165) is 16.6 Å². The van der Waals surface area contributed by atoms with E-state index in [1.54, 1.807) is 26.4 Å². The van der Waals surface area contributed by atoms with Crippen LogP contribution in [0.25, 0.3) is 10.9 Å². The number of anilines is 1. The van der Waals surface area contributed by atoms with E-state index in [4.69, 9.17) is 9.47 Å². The number of rotatable bonds is 4. The Kier molecular flexibility index (Phi) is 4.90. The second-order valence-corrected chi connectivity index (χ2v) is 6.27. The predicted molar refractivity (Wildman–Crippen MR) is 102 cm³/mol. The van der Waals surface area contributed by atoms with Gasteiger partial charge in [-0.2, -0.15) is 0 Å². The fourth-order valence-corrected chi connectivity index (χ4v) is 3.09. The number of aryl methyl sites for hydroxylation is 1. The van der Waals surface area contributed by atoms with Gasteiger partial charge in [-0.05, 0) is 47.1 Å². The molecule has 128 valence electrons. The van der Waals surface area contributed by atoms with Crippen molar-refractivity contribution in [2.24, 2.45) is 0 Å². The first-order chi connectivity index (χ1) is 12.0. The van der Waals surface area contributed by atoms with Crippen molar-refractivity contribution in [3.05, 3.63) is 58.2 Å². The Hall–Kier alpha value is -2.60. The molecule has 0 unspecified atom stereocenters. The van der Waals surface area contributed by atoms with Gasteiger partial charge in [0.2, 0.25) is 0 Å². The third-order valence-electron chi connectivity index (χ3n) is 3.82. The average molecular weight is 401 g/mol. The largest absolute Gasteiger partial charge is 0.495 e. The predicted octanol–water partition coefficient (Wildman–Crippen LogP) is 4.58. The Morgan fingerprint density at radius 3 is 2.40 bits per heavy atom. The van der Waals surface area contributed by atoms with Crippen molar-refractivity contribution in [1.82, 2.24) is 4.98 Å². The van der Waals surface area contributed by atoms with Crippen molar-refractivity contribution in [3.8, 4) is 11.5 Å². The summed E-state index contributed by atoms with van der Waals surface area (Å²) in [5.41, 5.74) is 2.74. The molecule has 0 aliphatic carbocycles. The van der Waals surface area contributed by atoms with Crippen molar-refractivity contribution >= 4 is 38.4 Å². The molecular weight excluding hydrogens is 384 g/mol. The summed E-state index contributed by atoms with van der Waals surface area (Å²) < 4.78 is 11.3. The molecular formula is C19H17BrN2O3. The van der Waals surface area contributed by atoms with E-state index in [1.165, 1.54) is 0 Å². The van der Waals surface area contributed by atoms with Gasteiger partial charge >= 0.3 is 0 Å². The molecule has 5 nitrogen and oxygen atoms in total. The molecule has 0 spiro atoms. The molecule has 0 fully saturated rings. The molecule has 6 heteroatoms. The summed E-state index contributed by atoms with van der Waals surface area (Å²) >= 11 is 3.40. The Labute approximate surface area is 154 Å².